The lowest BCUT2D eigenvalue weighted by Gasteiger charge is -2.30. The van der Waals surface area contributed by atoms with Crippen LogP contribution in [0.1, 0.15) is 35.1 Å². The highest BCUT2D eigenvalue weighted by Gasteiger charge is 2.42. The van der Waals surface area contributed by atoms with Gasteiger partial charge < -0.3 is 0 Å². The van der Waals surface area contributed by atoms with Gasteiger partial charge in [0.05, 0.1) is 0 Å². The molecular formula is C54H42. The molecule has 0 aliphatic heterocycles. The van der Waals surface area contributed by atoms with Gasteiger partial charge in [0, 0.05) is 5.41 Å². The third kappa shape index (κ3) is 6.42. The van der Waals surface area contributed by atoms with Gasteiger partial charge in [-0.1, -0.05) is 189 Å². The Bertz CT molecular complexity index is 2610. The van der Waals surface area contributed by atoms with Crippen LogP contribution in [0.5, 0.6) is 0 Å². The van der Waals surface area contributed by atoms with Crippen LogP contribution in [0.2, 0.25) is 0 Å². The average molecular weight is 691 g/mol. The van der Waals surface area contributed by atoms with Crippen molar-refractivity contribution in [3.05, 3.63) is 241 Å². The molecule has 54 heavy (non-hydrogen) atoms. The van der Waals surface area contributed by atoms with Crippen molar-refractivity contribution < 1.29 is 0 Å². The molecular weight excluding hydrogens is 649 g/mol. The van der Waals surface area contributed by atoms with E-state index >= 15 is 0 Å². The van der Waals surface area contributed by atoms with Crippen molar-refractivity contribution in [1.29, 1.82) is 0 Å². The molecule has 0 N–H and O–H groups in total. The van der Waals surface area contributed by atoms with E-state index in [2.05, 4.69) is 213 Å². The van der Waals surface area contributed by atoms with E-state index in [1.165, 1.54) is 77.5 Å². The lowest BCUT2D eigenvalue weighted by molar-refractivity contribution is 0.543. The minimum atomic E-state index is -0.198. The molecule has 258 valence electrons. The van der Waals surface area contributed by atoms with Crippen LogP contribution < -0.4 is 0 Å². The van der Waals surface area contributed by atoms with Crippen LogP contribution >= 0.6 is 0 Å². The molecule has 0 amide bonds. The second kappa shape index (κ2) is 14.5. The Labute approximate surface area is 319 Å². The van der Waals surface area contributed by atoms with Gasteiger partial charge in [0.15, 0.2) is 0 Å². The van der Waals surface area contributed by atoms with Crippen LogP contribution in [0.25, 0.3) is 55.3 Å². The molecule has 0 heteroatoms. The number of hydrogen-bond donors (Lipinski definition) is 0. The molecule has 0 saturated carbocycles. The quantitative estimate of drug-likeness (QED) is 0.169. The highest BCUT2D eigenvalue weighted by atomic mass is 14.4. The smallest absolute Gasteiger partial charge is 0.0284 e. The summed E-state index contributed by atoms with van der Waals surface area (Å²) in [5.41, 5.74) is 16.4. The van der Waals surface area contributed by atoms with Crippen LogP contribution in [0.3, 0.4) is 0 Å². The number of fused-ring (bicyclic) bond motifs is 6. The lowest BCUT2D eigenvalue weighted by Crippen LogP contribution is -2.24. The van der Waals surface area contributed by atoms with Gasteiger partial charge in [0.25, 0.3) is 0 Å². The fourth-order valence-corrected chi connectivity index (χ4v) is 8.54. The van der Waals surface area contributed by atoms with Gasteiger partial charge in [-0.05, 0) is 127 Å². The van der Waals surface area contributed by atoms with E-state index in [0.717, 1.165) is 24.8 Å². The topological polar surface area (TPSA) is 0 Å². The Morgan fingerprint density at radius 1 is 0.426 bits per heavy atom. The largest absolute Gasteiger partial charge is 0.0918 e. The predicted octanol–water partition coefficient (Wildman–Crippen LogP) is 14.3. The van der Waals surface area contributed by atoms with Crippen molar-refractivity contribution in [2.75, 3.05) is 0 Å². The van der Waals surface area contributed by atoms with Crippen LogP contribution in [0.15, 0.2) is 218 Å². The lowest BCUT2D eigenvalue weighted by atomic mass is 9.72. The molecule has 0 fully saturated rings. The summed E-state index contributed by atoms with van der Waals surface area (Å²) < 4.78 is 0. The van der Waals surface area contributed by atoms with Crippen LogP contribution in [-0.2, 0) is 11.8 Å². The summed E-state index contributed by atoms with van der Waals surface area (Å²) in [5, 5.41) is 2.56. The third-order valence-corrected chi connectivity index (χ3v) is 11.2. The van der Waals surface area contributed by atoms with Crippen molar-refractivity contribution in [1.82, 2.24) is 0 Å². The summed E-state index contributed by atoms with van der Waals surface area (Å²) >= 11 is 0. The second-order valence-electron chi connectivity index (χ2n) is 14.6. The molecule has 7 aromatic rings. The molecule has 2 aliphatic rings. The Hall–Kier alpha value is -6.50. The fourth-order valence-electron chi connectivity index (χ4n) is 8.54. The molecule has 0 heterocycles. The Morgan fingerprint density at radius 3 is 1.69 bits per heavy atom. The fraction of sp³-hybridized carbons (Fsp3) is 0.0741. The van der Waals surface area contributed by atoms with E-state index in [1.54, 1.807) is 0 Å². The van der Waals surface area contributed by atoms with Gasteiger partial charge in [-0.3, -0.25) is 0 Å². The molecule has 0 unspecified atom stereocenters. The van der Waals surface area contributed by atoms with Gasteiger partial charge in [0.1, 0.15) is 0 Å². The normalized spacial score (nSPS) is 16.9. The Morgan fingerprint density at radius 2 is 0.981 bits per heavy atom. The van der Waals surface area contributed by atoms with E-state index in [4.69, 9.17) is 0 Å². The van der Waals surface area contributed by atoms with E-state index < -0.39 is 0 Å². The van der Waals surface area contributed by atoms with Crippen molar-refractivity contribution in [3.8, 4) is 44.5 Å². The first kappa shape index (κ1) is 33.3. The molecule has 7 aromatic carbocycles. The van der Waals surface area contributed by atoms with Gasteiger partial charge in [0.2, 0.25) is 0 Å². The Balaban J connectivity index is 1.14. The zero-order valence-electron chi connectivity index (χ0n) is 30.5. The van der Waals surface area contributed by atoms with Crippen molar-refractivity contribution in [3.63, 3.8) is 0 Å². The first-order chi connectivity index (χ1) is 26.6. The summed E-state index contributed by atoms with van der Waals surface area (Å²) in [4.78, 5) is 0. The second-order valence-corrected chi connectivity index (χ2v) is 14.6. The summed E-state index contributed by atoms with van der Waals surface area (Å²) in [5.74, 6) is 0. The van der Waals surface area contributed by atoms with Crippen LogP contribution in [-0.4, -0.2) is 0 Å². The molecule has 0 atom stereocenters. The van der Waals surface area contributed by atoms with Gasteiger partial charge in [-0.25, -0.2) is 0 Å². The van der Waals surface area contributed by atoms with Gasteiger partial charge in [-0.2, -0.15) is 0 Å². The Kier molecular flexibility index (Phi) is 8.95. The standard InChI is InChI=1S/C54H42/c1-39-17-5-3-11-31-54(32-12-4-6-18-39)51-30-16-29-49(53(51)50-37-46-22-9-10-23-47(46)38-52(50)54)48-28-15-27-45(36-48)44-26-14-25-43(35-44)42-24-13-21-41(34-42)33-40-19-7-2-8-20-40/h2-30,34-38H,1,31-33H2/b11-3-,12-4-,17-5-,18-6-. The van der Waals surface area contributed by atoms with Crippen LogP contribution in [0.4, 0.5) is 0 Å². The summed E-state index contributed by atoms with van der Waals surface area (Å²) in [7, 11) is 0. The minimum absolute atomic E-state index is 0.198. The number of benzene rings is 7. The van der Waals surface area contributed by atoms with Crippen LogP contribution in [0, 0.1) is 0 Å². The van der Waals surface area contributed by atoms with E-state index in [0.29, 0.717) is 0 Å². The first-order valence-electron chi connectivity index (χ1n) is 19.0. The maximum atomic E-state index is 4.16. The minimum Gasteiger partial charge on any atom is -0.0918 e. The highest BCUT2D eigenvalue weighted by Crippen LogP contribution is 2.57. The zero-order valence-corrected chi connectivity index (χ0v) is 30.5. The predicted molar refractivity (Wildman–Crippen MR) is 231 cm³/mol. The van der Waals surface area contributed by atoms with Crippen molar-refractivity contribution in [2.45, 2.75) is 24.7 Å². The maximum absolute atomic E-state index is 4.16. The van der Waals surface area contributed by atoms with Gasteiger partial charge >= 0.3 is 0 Å². The SMILES string of the molecule is C=C1/C=C\C=C/CC2(C/C=C\C=C/1)c1cc3ccccc3cc1-c1c(-c3cccc(-c4cccc(-c5cccc(Cc6ccccc6)c5)c4)c3)cccc12. The van der Waals surface area contributed by atoms with Crippen molar-refractivity contribution in [2.24, 2.45) is 0 Å². The number of allylic oxidation sites excluding steroid dienone is 9. The number of hydrogen-bond acceptors (Lipinski definition) is 0. The molecule has 0 nitrogen and oxygen atoms in total. The highest BCUT2D eigenvalue weighted by molar-refractivity contribution is 5.99. The van der Waals surface area contributed by atoms with E-state index in [9.17, 15) is 0 Å². The maximum Gasteiger partial charge on any atom is 0.0284 e. The molecule has 0 bridgehead atoms. The molecule has 0 aromatic heterocycles. The monoisotopic (exact) mass is 690 g/mol. The molecule has 0 saturated heterocycles. The molecule has 1 spiro atoms. The molecule has 9 rings (SSSR count). The molecule has 0 radical (unpaired) electrons. The number of rotatable bonds is 5. The first-order valence-corrected chi connectivity index (χ1v) is 19.0. The summed E-state index contributed by atoms with van der Waals surface area (Å²) in [6.07, 6.45) is 20.2. The van der Waals surface area contributed by atoms with E-state index in [1.807, 2.05) is 0 Å². The average Bonchev–Trinajstić information content (AvgIpc) is 3.48. The summed E-state index contributed by atoms with van der Waals surface area (Å²) in [6.45, 7) is 4.16. The summed E-state index contributed by atoms with van der Waals surface area (Å²) in [6, 6.07) is 58.5. The van der Waals surface area contributed by atoms with Crippen molar-refractivity contribution >= 4 is 10.8 Å². The molecule has 2 aliphatic carbocycles. The third-order valence-electron chi connectivity index (χ3n) is 11.2. The zero-order chi connectivity index (χ0) is 36.3. The van der Waals surface area contributed by atoms with E-state index in [-0.39, 0.29) is 5.41 Å². The van der Waals surface area contributed by atoms with Gasteiger partial charge in [-0.15, -0.1) is 0 Å².